The SMILES string of the molecule is COC(=O)c1cnc(N2CCc3c(sc4ccccc34)C2)nc1. The van der Waals surface area contributed by atoms with E-state index in [1.165, 1.54) is 40.0 Å². The fraction of sp³-hybridized carbons (Fsp3) is 0.235. The van der Waals surface area contributed by atoms with Gasteiger partial charge in [-0.25, -0.2) is 14.8 Å². The van der Waals surface area contributed by atoms with Crippen molar-refractivity contribution in [2.24, 2.45) is 0 Å². The highest BCUT2D eigenvalue weighted by Gasteiger charge is 2.22. The maximum Gasteiger partial charge on any atom is 0.341 e. The lowest BCUT2D eigenvalue weighted by Gasteiger charge is -2.26. The Balaban J connectivity index is 1.61. The Hall–Kier alpha value is -2.47. The summed E-state index contributed by atoms with van der Waals surface area (Å²) in [6, 6.07) is 8.54. The minimum atomic E-state index is -0.415. The molecule has 4 rings (SSSR count). The maximum atomic E-state index is 11.4. The first-order chi connectivity index (χ1) is 11.3. The van der Waals surface area contributed by atoms with Gasteiger partial charge in [-0.15, -0.1) is 11.3 Å². The molecule has 116 valence electrons. The molecule has 3 heterocycles. The van der Waals surface area contributed by atoms with Crippen molar-refractivity contribution >= 4 is 33.3 Å². The maximum absolute atomic E-state index is 11.4. The third kappa shape index (κ3) is 2.45. The number of hydrogen-bond acceptors (Lipinski definition) is 6. The first kappa shape index (κ1) is 14.1. The highest BCUT2D eigenvalue weighted by molar-refractivity contribution is 7.19. The van der Waals surface area contributed by atoms with Crippen LogP contribution < -0.4 is 4.90 Å². The van der Waals surface area contributed by atoms with Gasteiger partial charge >= 0.3 is 5.97 Å². The van der Waals surface area contributed by atoms with E-state index in [-0.39, 0.29) is 0 Å². The third-order valence-electron chi connectivity index (χ3n) is 4.09. The number of hydrogen-bond donors (Lipinski definition) is 0. The van der Waals surface area contributed by atoms with Crippen molar-refractivity contribution in [1.29, 1.82) is 0 Å². The standard InChI is InChI=1S/C17H15N3O2S/c1-22-16(21)11-8-18-17(19-9-11)20-7-6-13-12-4-2-3-5-14(12)23-15(13)10-20/h2-5,8-9H,6-7,10H2,1H3. The molecule has 5 nitrogen and oxygen atoms in total. The van der Waals surface area contributed by atoms with Crippen LogP contribution in [0.5, 0.6) is 0 Å². The quantitative estimate of drug-likeness (QED) is 0.678. The Morgan fingerprint density at radius 3 is 2.83 bits per heavy atom. The monoisotopic (exact) mass is 325 g/mol. The van der Waals surface area contributed by atoms with Gasteiger partial charge in [-0.3, -0.25) is 0 Å². The van der Waals surface area contributed by atoms with E-state index >= 15 is 0 Å². The van der Waals surface area contributed by atoms with Gasteiger partial charge in [0.1, 0.15) is 0 Å². The van der Waals surface area contributed by atoms with E-state index in [4.69, 9.17) is 0 Å². The van der Waals surface area contributed by atoms with Crippen LogP contribution >= 0.6 is 11.3 Å². The van der Waals surface area contributed by atoms with Gasteiger partial charge in [0.15, 0.2) is 0 Å². The number of aromatic nitrogens is 2. The lowest BCUT2D eigenvalue weighted by Crippen LogP contribution is -2.31. The Morgan fingerprint density at radius 2 is 2.04 bits per heavy atom. The molecule has 3 aromatic rings. The number of nitrogens with zero attached hydrogens (tertiary/aromatic N) is 3. The molecule has 0 atom stereocenters. The summed E-state index contributed by atoms with van der Waals surface area (Å²) in [5, 5.41) is 1.37. The highest BCUT2D eigenvalue weighted by Crippen LogP contribution is 2.35. The second-order valence-electron chi connectivity index (χ2n) is 5.43. The van der Waals surface area contributed by atoms with Crippen LogP contribution in [0.3, 0.4) is 0 Å². The average molecular weight is 325 g/mol. The van der Waals surface area contributed by atoms with Crippen LogP contribution in [-0.2, 0) is 17.7 Å². The van der Waals surface area contributed by atoms with Gasteiger partial charge in [0.25, 0.3) is 0 Å². The smallest absolute Gasteiger partial charge is 0.341 e. The van der Waals surface area contributed by atoms with Crippen molar-refractivity contribution in [3.05, 3.63) is 52.7 Å². The van der Waals surface area contributed by atoms with E-state index in [0.717, 1.165) is 19.5 Å². The Morgan fingerprint density at radius 1 is 1.26 bits per heavy atom. The predicted octanol–water partition coefficient (Wildman–Crippen LogP) is 3.04. The zero-order valence-electron chi connectivity index (χ0n) is 12.7. The fourth-order valence-electron chi connectivity index (χ4n) is 2.93. The number of carbonyl (C=O) groups is 1. The molecule has 23 heavy (non-hydrogen) atoms. The summed E-state index contributed by atoms with van der Waals surface area (Å²) < 4.78 is 6.01. The number of carbonyl (C=O) groups excluding carboxylic acids is 1. The summed E-state index contributed by atoms with van der Waals surface area (Å²) in [4.78, 5) is 23.6. The molecule has 0 spiro atoms. The fourth-order valence-corrected chi connectivity index (χ4v) is 4.20. The molecule has 0 aliphatic carbocycles. The molecule has 0 unspecified atom stereocenters. The van der Waals surface area contributed by atoms with Gasteiger partial charge in [-0.1, -0.05) is 18.2 Å². The minimum Gasteiger partial charge on any atom is -0.465 e. The van der Waals surface area contributed by atoms with Crippen molar-refractivity contribution in [3.63, 3.8) is 0 Å². The molecule has 0 saturated carbocycles. The number of thiophene rings is 1. The van der Waals surface area contributed by atoms with Crippen LogP contribution in [0.25, 0.3) is 10.1 Å². The molecule has 1 aliphatic heterocycles. The number of ether oxygens (including phenoxy) is 1. The number of anilines is 1. The summed E-state index contributed by atoms with van der Waals surface area (Å²) in [7, 11) is 1.35. The number of rotatable bonds is 2. The number of methoxy groups -OCH3 is 1. The second kappa shape index (κ2) is 5.62. The summed E-state index contributed by atoms with van der Waals surface area (Å²) in [5.74, 6) is 0.239. The Labute approximate surface area is 137 Å². The van der Waals surface area contributed by atoms with Crippen molar-refractivity contribution in [2.45, 2.75) is 13.0 Å². The lowest BCUT2D eigenvalue weighted by molar-refractivity contribution is 0.0600. The van der Waals surface area contributed by atoms with Gasteiger partial charge in [0.05, 0.1) is 19.2 Å². The van der Waals surface area contributed by atoms with Crippen molar-refractivity contribution in [3.8, 4) is 0 Å². The summed E-state index contributed by atoms with van der Waals surface area (Å²) in [6.07, 6.45) is 4.03. The predicted molar refractivity (Wildman–Crippen MR) is 90.0 cm³/mol. The van der Waals surface area contributed by atoms with E-state index in [9.17, 15) is 4.79 Å². The van der Waals surface area contributed by atoms with Crippen LogP contribution in [0.2, 0.25) is 0 Å². The normalized spacial score (nSPS) is 13.9. The molecule has 0 N–H and O–H groups in total. The van der Waals surface area contributed by atoms with E-state index < -0.39 is 5.97 Å². The van der Waals surface area contributed by atoms with E-state index in [1.54, 1.807) is 0 Å². The molecular weight excluding hydrogens is 310 g/mol. The molecule has 0 fully saturated rings. The topological polar surface area (TPSA) is 55.3 Å². The van der Waals surface area contributed by atoms with Crippen LogP contribution in [0, 0.1) is 0 Å². The van der Waals surface area contributed by atoms with Gasteiger partial charge < -0.3 is 9.64 Å². The van der Waals surface area contributed by atoms with Crippen LogP contribution in [0.4, 0.5) is 5.95 Å². The summed E-state index contributed by atoms with van der Waals surface area (Å²) in [5.41, 5.74) is 1.82. The molecule has 0 bridgehead atoms. The number of benzene rings is 1. The van der Waals surface area contributed by atoms with Gasteiger partial charge in [0, 0.05) is 28.5 Å². The molecule has 1 aromatic carbocycles. The van der Waals surface area contributed by atoms with Gasteiger partial charge in [-0.05, 0) is 23.4 Å². The number of fused-ring (bicyclic) bond motifs is 3. The van der Waals surface area contributed by atoms with Crippen LogP contribution in [-0.4, -0.2) is 29.6 Å². The van der Waals surface area contributed by atoms with Crippen molar-refractivity contribution in [2.75, 3.05) is 18.6 Å². The zero-order valence-corrected chi connectivity index (χ0v) is 13.5. The average Bonchev–Trinajstić information content (AvgIpc) is 2.99. The minimum absolute atomic E-state index is 0.371. The van der Waals surface area contributed by atoms with Crippen molar-refractivity contribution in [1.82, 2.24) is 9.97 Å². The highest BCUT2D eigenvalue weighted by atomic mass is 32.1. The van der Waals surface area contributed by atoms with Gasteiger partial charge in [-0.2, -0.15) is 0 Å². The Kier molecular flexibility index (Phi) is 3.46. The van der Waals surface area contributed by atoms with Crippen molar-refractivity contribution < 1.29 is 9.53 Å². The second-order valence-corrected chi connectivity index (χ2v) is 6.57. The first-order valence-corrected chi connectivity index (χ1v) is 8.22. The molecule has 0 saturated heterocycles. The lowest BCUT2D eigenvalue weighted by atomic mass is 10.0. The summed E-state index contributed by atoms with van der Waals surface area (Å²) >= 11 is 1.84. The van der Waals surface area contributed by atoms with Gasteiger partial charge in [0.2, 0.25) is 5.95 Å². The zero-order chi connectivity index (χ0) is 15.8. The van der Waals surface area contributed by atoms with E-state index in [1.807, 2.05) is 11.3 Å². The summed E-state index contributed by atoms with van der Waals surface area (Å²) in [6.45, 7) is 1.69. The van der Waals surface area contributed by atoms with E-state index in [2.05, 4.69) is 43.9 Å². The van der Waals surface area contributed by atoms with Crippen LogP contribution in [0.15, 0.2) is 36.7 Å². The Bertz CT molecular complexity index is 873. The molecule has 2 aromatic heterocycles. The largest absolute Gasteiger partial charge is 0.465 e. The first-order valence-electron chi connectivity index (χ1n) is 7.41. The number of esters is 1. The molecule has 0 amide bonds. The molecular formula is C17H15N3O2S. The molecule has 6 heteroatoms. The molecule has 0 radical (unpaired) electrons. The van der Waals surface area contributed by atoms with E-state index in [0.29, 0.717) is 11.5 Å². The molecule has 1 aliphatic rings. The third-order valence-corrected chi connectivity index (χ3v) is 5.29. The van der Waals surface area contributed by atoms with Crippen LogP contribution in [0.1, 0.15) is 20.8 Å².